The van der Waals surface area contributed by atoms with Crippen LogP contribution in [0, 0.1) is 0 Å². The SMILES string of the molecule is COC(=O)/C=C/C1=CCCC[C@H](O[Si](C)(C)C(C)(C)C)[C@@H]1O[Si](C)(C)C(C)(C)C. The Labute approximate surface area is 181 Å². The van der Waals surface area contributed by atoms with E-state index in [4.69, 9.17) is 13.6 Å². The second kappa shape index (κ2) is 9.62. The molecule has 0 saturated carbocycles. The summed E-state index contributed by atoms with van der Waals surface area (Å²) in [6, 6.07) is 0. The molecule has 1 aliphatic carbocycles. The summed E-state index contributed by atoms with van der Waals surface area (Å²) in [4.78, 5) is 11.7. The number of methoxy groups -OCH3 is 1. The van der Waals surface area contributed by atoms with E-state index < -0.39 is 16.6 Å². The van der Waals surface area contributed by atoms with Crippen molar-refractivity contribution < 1.29 is 18.4 Å². The van der Waals surface area contributed by atoms with Crippen LogP contribution in [0.1, 0.15) is 60.8 Å². The number of esters is 1. The summed E-state index contributed by atoms with van der Waals surface area (Å²) >= 11 is 0. The number of hydrogen-bond donors (Lipinski definition) is 0. The molecule has 0 radical (unpaired) electrons. The lowest BCUT2D eigenvalue weighted by atomic mass is 10.0. The third-order valence-electron chi connectivity index (χ3n) is 6.83. The lowest BCUT2D eigenvalue weighted by Gasteiger charge is -2.45. The molecular weight excluding hydrogens is 396 g/mol. The zero-order valence-corrected chi connectivity index (χ0v) is 22.6. The molecule has 0 bridgehead atoms. The van der Waals surface area contributed by atoms with Gasteiger partial charge in [0.1, 0.15) is 0 Å². The summed E-state index contributed by atoms with van der Waals surface area (Å²) in [7, 11) is -2.60. The van der Waals surface area contributed by atoms with E-state index in [1.807, 2.05) is 6.08 Å². The van der Waals surface area contributed by atoms with Crippen molar-refractivity contribution in [2.45, 2.75) is 109 Å². The fourth-order valence-corrected chi connectivity index (χ4v) is 5.41. The van der Waals surface area contributed by atoms with Crippen molar-refractivity contribution in [1.82, 2.24) is 0 Å². The molecule has 0 N–H and O–H groups in total. The molecule has 2 atom stereocenters. The minimum atomic E-state index is -2.04. The lowest BCUT2D eigenvalue weighted by molar-refractivity contribution is -0.134. The normalized spacial score (nSPS) is 22.4. The van der Waals surface area contributed by atoms with E-state index in [0.717, 1.165) is 24.8 Å². The van der Waals surface area contributed by atoms with Gasteiger partial charge in [0, 0.05) is 6.08 Å². The molecule has 0 saturated heterocycles. The highest BCUT2D eigenvalue weighted by Gasteiger charge is 2.45. The molecule has 168 valence electrons. The van der Waals surface area contributed by atoms with Crippen molar-refractivity contribution >= 4 is 22.6 Å². The molecule has 0 aliphatic heterocycles. The van der Waals surface area contributed by atoms with Crippen LogP contribution in [-0.4, -0.2) is 41.9 Å². The zero-order chi connectivity index (χ0) is 22.7. The van der Waals surface area contributed by atoms with Crippen LogP contribution in [0.2, 0.25) is 36.3 Å². The monoisotopic (exact) mass is 440 g/mol. The van der Waals surface area contributed by atoms with E-state index >= 15 is 0 Å². The molecule has 1 aliphatic rings. The van der Waals surface area contributed by atoms with Gasteiger partial charge in [0.25, 0.3) is 0 Å². The molecule has 1 rings (SSSR count). The summed E-state index contributed by atoms with van der Waals surface area (Å²) in [6.07, 6.45) is 8.43. The number of carbonyl (C=O) groups excluding carboxylic acids is 1. The van der Waals surface area contributed by atoms with E-state index in [1.165, 1.54) is 13.2 Å². The molecule has 0 aromatic heterocycles. The molecule has 0 aromatic carbocycles. The first-order valence-electron chi connectivity index (χ1n) is 10.8. The molecule has 29 heavy (non-hydrogen) atoms. The first kappa shape index (κ1) is 26.3. The van der Waals surface area contributed by atoms with Gasteiger partial charge >= 0.3 is 5.97 Å². The van der Waals surface area contributed by atoms with Gasteiger partial charge in [-0.05, 0) is 67.2 Å². The molecule has 0 amide bonds. The van der Waals surface area contributed by atoms with Gasteiger partial charge in [0.2, 0.25) is 0 Å². The van der Waals surface area contributed by atoms with E-state index in [-0.39, 0.29) is 28.3 Å². The van der Waals surface area contributed by atoms with Crippen LogP contribution in [0.25, 0.3) is 0 Å². The third kappa shape index (κ3) is 7.19. The Morgan fingerprint density at radius 3 is 2.00 bits per heavy atom. The summed E-state index contributed by atoms with van der Waals surface area (Å²) in [5.74, 6) is -0.344. The highest BCUT2D eigenvalue weighted by Crippen LogP contribution is 2.42. The molecule has 0 unspecified atom stereocenters. The van der Waals surface area contributed by atoms with Crippen molar-refractivity contribution in [3.8, 4) is 0 Å². The Morgan fingerprint density at radius 1 is 1.00 bits per heavy atom. The first-order chi connectivity index (χ1) is 13.0. The van der Waals surface area contributed by atoms with Crippen molar-refractivity contribution in [1.29, 1.82) is 0 Å². The Morgan fingerprint density at radius 2 is 1.52 bits per heavy atom. The minimum absolute atomic E-state index is 0.000985. The first-order valence-corrected chi connectivity index (χ1v) is 16.7. The van der Waals surface area contributed by atoms with Crippen molar-refractivity contribution in [3.05, 3.63) is 23.8 Å². The highest BCUT2D eigenvalue weighted by molar-refractivity contribution is 6.74. The van der Waals surface area contributed by atoms with Crippen molar-refractivity contribution in [2.24, 2.45) is 0 Å². The summed E-state index contributed by atoms with van der Waals surface area (Å²) in [6.45, 7) is 22.7. The van der Waals surface area contributed by atoms with Gasteiger partial charge in [-0.15, -0.1) is 0 Å². The second-order valence-electron chi connectivity index (χ2n) is 11.2. The fourth-order valence-electron chi connectivity index (χ4n) is 2.78. The van der Waals surface area contributed by atoms with Gasteiger partial charge in [-0.2, -0.15) is 0 Å². The van der Waals surface area contributed by atoms with Crippen LogP contribution in [0.4, 0.5) is 0 Å². The van der Waals surface area contributed by atoms with Crippen LogP contribution in [-0.2, 0) is 18.4 Å². The molecule has 0 heterocycles. The maximum Gasteiger partial charge on any atom is 0.330 e. The number of allylic oxidation sites excluding steroid dienone is 1. The summed E-state index contributed by atoms with van der Waals surface area (Å²) in [5.41, 5.74) is 1.04. The topological polar surface area (TPSA) is 44.8 Å². The average molecular weight is 441 g/mol. The van der Waals surface area contributed by atoms with E-state index in [9.17, 15) is 4.79 Å². The number of ether oxygens (including phenoxy) is 1. The number of hydrogen-bond acceptors (Lipinski definition) is 4. The van der Waals surface area contributed by atoms with Crippen molar-refractivity contribution in [3.63, 3.8) is 0 Å². The van der Waals surface area contributed by atoms with E-state index in [1.54, 1.807) is 0 Å². The molecule has 6 heteroatoms. The largest absolute Gasteiger partial charge is 0.466 e. The zero-order valence-electron chi connectivity index (χ0n) is 20.6. The Bertz CT molecular complexity index is 622. The summed E-state index contributed by atoms with van der Waals surface area (Å²) in [5, 5.41) is 0.227. The lowest BCUT2D eigenvalue weighted by Crippen LogP contribution is -2.52. The predicted octanol–water partition coefficient (Wildman–Crippen LogP) is 6.61. The van der Waals surface area contributed by atoms with Crippen LogP contribution in [0.15, 0.2) is 23.8 Å². The minimum Gasteiger partial charge on any atom is -0.466 e. The maximum absolute atomic E-state index is 11.7. The standard InChI is InChI=1S/C23H44O4Si2/c1-22(2,3)28(8,9)26-19-15-13-12-14-18(16-17-20(24)25-7)21(19)27-29(10,11)23(4,5)6/h14,16-17,19,21H,12-13,15H2,1-11H3/b17-16+/t19-,21+/m0/s1. The predicted molar refractivity (Wildman–Crippen MR) is 127 cm³/mol. The highest BCUT2D eigenvalue weighted by atomic mass is 28.4. The van der Waals surface area contributed by atoms with Gasteiger partial charge in [0.15, 0.2) is 16.6 Å². The average Bonchev–Trinajstić information content (AvgIpc) is 2.72. The molecule has 0 spiro atoms. The molecule has 4 nitrogen and oxygen atoms in total. The molecule has 0 fully saturated rings. The van der Waals surface area contributed by atoms with Crippen LogP contribution >= 0.6 is 0 Å². The van der Waals surface area contributed by atoms with Crippen LogP contribution in [0.5, 0.6) is 0 Å². The summed E-state index contributed by atoms with van der Waals surface area (Å²) < 4.78 is 18.6. The Balaban J connectivity index is 3.35. The van der Waals surface area contributed by atoms with Gasteiger partial charge in [-0.1, -0.05) is 47.6 Å². The van der Waals surface area contributed by atoms with Gasteiger partial charge in [-0.3, -0.25) is 0 Å². The Hall–Kier alpha value is -0.696. The van der Waals surface area contributed by atoms with Crippen molar-refractivity contribution in [2.75, 3.05) is 7.11 Å². The van der Waals surface area contributed by atoms with Gasteiger partial charge in [0.05, 0.1) is 19.3 Å². The van der Waals surface area contributed by atoms with Gasteiger partial charge in [-0.25, -0.2) is 4.79 Å². The van der Waals surface area contributed by atoms with E-state index in [2.05, 4.69) is 73.8 Å². The fraction of sp³-hybridized carbons (Fsp3) is 0.783. The maximum atomic E-state index is 11.7. The molecular formula is C23H44O4Si2. The molecule has 0 aromatic rings. The van der Waals surface area contributed by atoms with Gasteiger partial charge < -0.3 is 13.6 Å². The third-order valence-corrected chi connectivity index (χ3v) is 15.8. The quantitative estimate of drug-likeness (QED) is 0.265. The van der Waals surface area contributed by atoms with Crippen LogP contribution in [0.3, 0.4) is 0 Å². The number of rotatable bonds is 6. The van der Waals surface area contributed by atoms with Crippen LogP contribution < -0.4 is 0 Å². The number of carbonyl (C=O) groups is 1. The second-order valence-corrected chi connectivity index (χ2v) is 20.7. The smallest absolute Gasteiger partial charge is 0.330 e. The van der Waals surface area contributed by atoms with E-state index in [0.29, 0.717) is 0 Å². The Kier molecular flexibility index (Phi) is 8.74.